The van der Waals surface area contributed by atoms with Gasteiger partial charge < -0.3 is 5.32 Å². The van der Waals surface area contributed by atoms with Crippen LogP contribution >= 0.6 is 0 Å². The van der Waals surface area contributed by atoms with E-state index >= 15 is 0 Å². The van der Waals surface area contributed by atoms with Gasteiger partial charge in [-0.15, -0.1) is 5.10 Å². The number of nitrogens with zero attached hydrogens (tertiary/aromatic N) is 6. The lowest BCUT2D eigenvalue weighted by molar-refractivity contribution is -0.0503. The Bertz CT molecular complexity index is 1340. The van der Waals surface area contributed by atoms with E-state index in [0.29, 0.717) is 17.0 Å². The molecule has 0 spiro atoms. The highest BCUT2D eigenvalue weighted by atomic mass is 32.2. The third-order valence-corrected chi connectivity index (χ3v) is 9.20. The number of nitrogens with one attached hydrogen (secondary N) is 2. The maximum Gasteiger partial charge on any atom is 0.276 e. The number of hydrogen-bond acceptors (Lipinski definition) is 7. The Morgan fingerprint density at radius 2 is 1.86 bits per heavy atom. The van der Waals surface area contributed by atoms with Crippen LogP contribution < -0.4 is 10.0 Å². The SMILES string of the molecule is CCS(=O)(=O)Nc1nnn(Cc2cn3c(C(=O)NCC45CC6CC(CC(C6)C4)C5)cccc3n2)n1. The number of hydrogen-bond donors (Lipinski definition) is 2. The average molecular weight is 499 g/mol. The van der Waals surface area contributed by atoms with Crippen molar-refractivity contribution in [2.75, 3.05) is 17.0 Å². The van der Waals surface area contributed by atoms with Gasteiger partial charge >= 0.3 is 0 Å². The summed E-state index contributed by atoms with van der Waals surface area (Å²) in [7, 11) is -3.48. The van der Waals surface area contributed by atoms with Crippen LogP contribution in [0, 0.1) is 23.2 Å². The number of anilines is 1. The average Bonchev–Trinajstić information content (AvgIpc) is 3.42. The molecule has 2 N–H and O–H groups in total. The standard InChI is InChI=1S/C23H30N8O3S/c1-2-35(33,34)28-22-26-29-31(27-22)13-18-12-30-19(4-3-5-20(30)25-18)21(32)24-14-23-9-15-6-16(10-23)8-17(7-15)11-23/h3-5,12,15-17H,2,6-11,13-14H2,1H3,(H,24,32)(H,27,28). The highest BCUT2D eigenvalue weighted by Gasteiger charge is 2.50. The first-order valence-corrected chi connectivity index (χ1v) is 14.0. The molecule has 0 unspecified atom stereocenters. The normalized spacial score (nSPS) is 27.4. The zero-order chi connectivity index (χ0) is 24.2. The molecular weight excluding hydrogens is 468 g/mol. The van der Waals surface area contributed by atoms with Crippen molar-refractivity contribution in [1.29, 1.82) is 0 Å². The number of aromatic nitrogens is 6. The quantitative estimate of drug-likeness (QED) is 0.485. The fraction of sp³-hybridized carbons (Fsp3) is 0.609. The maximum atomic E-state index is 13.2. The van der Waals surface area contributed by atoms with Gasteiger partial charge in [0.1, 0.15) is 17.9 Å². The number of sulfonamides is 1. The first-order valence-electron chi connectivity index (χ1n) is 12.3. The maximum absolute atomic E-state index is 13.2. The molecule has 7 rings (SSSR count). The summed E-state index contributed by atoms with van der Waals surface area (Å²) in [6.45, 7) is 2.46. The molecule has 0 aliphatic heterocycles. The van der Waals surface area contributed by atoms with Crippen molar-refractivity contribution >= 4 is 27.5 Å². The minimum atomic E-state index is -3.48. The van der Waals surface area contributed by atoms with Gasteiger partial charge in [0.2, 0.25) is 10.0 Å². The first-order chi connectivity index (χ1) is 16.8. The third-order valence-electron chi connectivity index (χ3n) is 7.95. The fourth-order valence-corrected chi connectivity index (χ4v) is 7.40. The summed E-state index contributed by atoms with van der Waals surface area (Å²) in [6.07, 6.45) is 9.69. The number of pyridine rings is 1. The van der Waals surface area contributed by atoms with Crippen LogP contribution in [0.5, 0.6) is 0 Å². The van der Waals surface area contributed by atoms with Crippen LogP contribution in [-0.4, -0.2) is 56.2 Å². The van der Waals surface area contributed by atoms with E-state index in [0.717, 1.165) is 24.3 Å². The molecule has 4 fully saturated rings. The molecule has 11 nitrogen and oxygen atoms in total. The van der Waals surface area contributed by atoms with E-state index in [9.17, 15) is 13.2 Å². The van der Waals surface area contributed by atoms with E-state index in [-0.39, 0.29) is 29.6 Å². The molecule has 186 valence electrons. The number of carbonyl (C=O) groups is 1. The molecular formula is C23H30N8O3S. The Hall–Kier alpha value is -3.02. The van der Waals surface area contributed by atoms with Gasteiger partial charge in [0.15, 0.2) is 0 Å². The number of imidazole rings is 1. The van der Waals surface area contributed by atoms with E-state index < -0.39 is 10.0 Å². The monoisotopic (exact) mass is 498 g/mol. The van der Waals surface area contributed by atoms with Crippen LogP contribution in [0.2, 0.25) is 0 Å². The summed E-state index contributed by atoms with van der Waals surface area (Å²) >= 11 is 0. The van der Waals surface area contributed by atoms with Crippen LogP contribution in [0.4, 0.5) is 5.95 Å². The number of fused-ring (bicyclic) bond motifs is 1. The summed E-state index contributed by atoms with van der Waals surface area (Å²) in [5, 5.41) is 14.9. The Morgan fingerprint density at radius 1 is 1.14 bits per heavy atom. The highest BCUT2D eigenvalue weighted by Crippen LogP contribution is 2.59. The zero-order valence-electron chi connectivity index (χ0n) is 19.7. The van der Waals surface area contributed by atoms with Gasteiger partial charge in [-0.05, 0) is 86.0 Å². The molecule has 3 aromatic rings. The summed E-state index contributed by atoms with van der Waals surface area (Å²) in [4.78, 5) is 19.1. The summed E-state index contributed by atoms with van der Waals surface area (Å²) < 4.78 is 27.5. The molecule has 4 aliphatic carbocycles. The second-order valence-corrected chi connectivity index (χ2v) is 12.6. The van der Waals surface area contributed by atoms with Crippen molar-refractivity contribution in [1.82, 2.24) is 34.9 Å². The lowest BCUT2D eigenvalue weighted by Gasteiger charge is -2.56. The van der Waals surface area contributed by atoms with Gasteiger partial charge in [-0.2, -0.15) is 4.80 Å². The molecule has 1 amide bonds. The Morgan fingerprint density at radius 3 is 2.54 bits per heavy atom. The minimum Gasteiger partial charge on any atom is -0.350 e. The lowest BCUT2D eigenvalue weighted by Crippen LogP contribution is -2.51. The molecule has 12 heteroatoms. The van der Waals surface area contributed by atoms with Crippen molar-refractivity contribution in [3.8, 4) is 0 Å². The summed E-state index contributed by atoms with van der Waals surface area (Å²) in [6, 6.07) is 5.48. The van der Waals surface area contributed by atoms with Gasteiger partial charge in [0.25, 0.3) is 11.9 Å². The van der Waals surface area contributed by atoms with E-state index in [1.807, 2.05) is 12.1 Å². The molecule has 3 aromatic heterocycles. The van der Waals surface area contributed by atoms with Crippen molar-refractivity contribution in [2.45, 2.75) is 52.0 Å². The van der Waals surface area contributed by atoms with E-state index in [1.54, 1.807) is 16.7 Å². The van der Waals surface area contributed by atoms with Crippen LogP contribution in [0.3, 0.4) is 0 Å². The first kappa shape index (κ1) is 22.4. The second-order valence-electron chi connectivity index (χ2n) is 10.6. The van der Waals surface area contributed by atoms with Crippen LogP contribution in [0.1, 0.15) is 61.6 Å². The van der Waals surface area contributed by atoms with Crippen molar-refractivity contribution in [3.05, 3.63) is 35.8 Å². The largest absolute Gasteiger partial charge is 0.350 e. The Kier molecular flexibility index (Phi) is 5.31. The molecule has 0 radical (unpaired) electrons. The molecule has 4 saturated carbocycles. The third kappa shape index (κ3) is 4.39. The van der Waals surface area contributed by atoms with Gasteiger partial charge in [-0.3, -0.25) is 9.20 Å². The van der Waals surface area contributed by atoms with Crippen LogP contribution in [-0.2, 0) is 16.6 Å². The molecule has 35 heavy (non-hydrogen) atoms. The van der Waals surface area contributed by atoms with Gasteiger partial charge in [-0.1, -0.05) is 11.2 Å². The smallest absolute Gasteiger partial charge is 0.276 e. The fourth-order valence-electron chi connectivity index (χ4n) is 6.89. The number of amides is 1. The minimum absolute atomic E-state index is 0.0817. The van der Waals surface area contributed by atoms with E-state index in [4.69, 9.17) is 0 Å². The topological polar surface area (TPSA) is 136 Å². The number of rotatable bonds is 8. The van der Waals surface area contributed by atoms with E-state index in [1.165, 1.54) is 50.2 Å². The Labute approximate surface area is 203 Å². The summed E-state index contributed by atoms with van der Waals surface area (Å²) in [5.41, 5.74) is 2.09. The molecule has 3 heterocycles. The summed E-state index contributed by atoms with van der Waals surface area (Å²) in [5.74, 6) is 2.29. The van der Waals surface area contributed by atoms with Crippen molar-refractivity contribution in [3.63, 3.8) is 0 Å². The van der Waals surface area contributed by atoms with Crippen LogP contribution in [0.25, 0.3) is 5.65 Å². The van der Waals surface area contributed by atoms with Gasteiger partial charge in [0.05, 0.1) is 11.4 Å². The van der Waals surface area contributed by atoms with E-state index in [2.05, 4.69) is 30.4 Å². The predicted molar refractivity (Wildman–Crippen MR) is 128 cm³/mol. The molecule has 0 saturated heterocycles. The Balaban J connectivity index is 1.16. The lowest BCUT2D eigenvalue weighted by atomic mass is 9.49. The molecule has 0 aromatic carbocycles. The number of carbonyl (C=O) groups excluding carboxylic acids is 1. The van der Waals surface area contributed by atoms with Crippen molar-refractivity contribution < 1.29 is 13.2 Å². The molecule has 4 bridgehead atoms. The molecule has 4 aliphatic rings. The highest BCUT2D eigenvalue weighted by molar-refractivity contribution is 7.92. The molecule has 0 atom stereocenters. The number of tetrazole rings is 1. The van der Waals surface area contributed by atoms with Crippen LogP contribution in [0.15, 0.2) is 24.4 Å². The second kappa shape index (κ2) is 8.28. The van der Waals surface area contributed by atoms with Gasteiger partial charge in [-0.25, -0.2) is 18.1 Å². The van der Waals surface area contributed by atoms with Crippen molar-refractivity contribution in [2.24, 2.45) is 23.2 Å². The van der Waals surface area contributed by atoms with Gasteiger partial charge in [0, 0.05) is 12.7 Å². The predicted octanol–water partition coefficient (Wildman–Crippen LogP) is 2.08. The zero-order valence-corrected chi connectivity index (χ0v) is 20.5.